The van der Waals surface area contributed by atoms with Gasteiger partial charge in [-0.2, -0.15) is 4.68 Å². The Morgan fingerprint density at radius 1 is 1.28 bits per heavy atom. The van der Waals surface area contributed by atoms with Crippen LogP contribution in [0.5, 0.6) is 0 Å². The van der Waals surface area contributed by atoms with Gasteiger partial charge in [0.15, 0.2) is 18.1 Å². The van der Waals surface area contributed by atoms with E-state index in [0.717, 1.165) is 18.4 Å². The van der Waals surface area contributed by atoms with Crippen molar-refractivity contribution >= 4 is 29.6 Å². The molecule has 2 amide bonds. The van der Waals surface area contributed by atoms with Gasteiger partial charge in [-0.25, -0.2) is 4.79 Å². The Hall–Kier alpha value is -3.56. The fourth-order valence-electron chi connectivity index (χ4n) is 2.48. The highest BCUT2D eigenvalue weighted by Crippen LogP contribution is 2.18. The van der Waals surface area contributed by atoms with Gasteiger partial charge in [0, 0.05) is 13.1 Å². The zero-order valence-corrected chi connectivity index (χ0v) is 16.2. The third kappa shape index (κ3) is 5.71. The van der Waals surface area contributed by atoms with Crippen LogP contribution < -0.4 is 5.32 Å². The van der Waals surface area contributed by atoms with Crippen LogP contribution in [0.4, 0.5) is 0 Å². The van der Waals surface area contributed by atoms with Gasteiger partial charge in [-0.15, -0.1) is 5.10 Å². The molecule has 0 radical (unpaired) electrons. The molecule has 1 heterocycles. The normalized spacial score (nSPS) is 13.7. The Morgan fingerprint density at radius 2 is 2.00 bits per heavy atom. The molecule has 0 saturated heterocycles. The van der Waals surface area contributed by atoms with Crippen molar-refractivity contribution in [2.75, 3.05) is 20.2 Å². The van der Waals surface area contributed by atoms with E-state index < -0.39 is 18.5 Å². The molecule has 0 atom stereocenters. The molecule has 2 aromatic rings. The van der Waals surface area contributed by atoms with Crippen molar-refractivity contribution in [1.82, 2.24) is 30.4 Å². The summed E-state index contributed by atoms with van der Waals surface area (Å²) in [7, 11) is 1.48. The molecule has 0 unspecified atom stereocenters. The molecular weight excluding hydrogens is 376 g/mol. The smallest absolute Gasteiger partial charge is 0.357 e. The maximum absolute atomic E-state index is 12.6. The molecule has 10 nitrogen and oxygen atoms in total. The average molecular weight is 398 g/mol. The van der Waals surface area contributed by atoms with Gasteiger partial charge in [0.25, 0.3) is 5.91 Å². The lowest BCUT2D eigenvalue weighted by Crippen LogP contribution is -2.40. The van der Waals surface area contributed by atoms with Gasteiger partial charge in [0.2, 0.25) is 5.91 Å². The summed E-state index contributed by atoms with van der Waals surface area (Å²) in [5, 5.41) is 13.9. The molecule has 1 aromatic carbocycles. The molecular formula is C19H22N6O4. The molecule has 1 fully saturated rings. The van der Waals surface area contributed by atoms with Gasteiger partial charge >= 0.3 is 5.97 Å². The van der Waals surface area contributed by atoms with Crippen LogP contribution in [0.15, 0.2) is 30.3 Å². The number of nitrogens with zero attached hydrogens (tertiary/aromatic N) is 5. The molecule has 152 valence electrons. The highest BCUT2D eigenvalue weighted by molar-refractivity contribution is 6.15. The van der Waals surface area contributed by atoms with E-state index in [1.54, 1.807) is 13.0 Å². The Bertz CT molecular complexity index is 920. The molecule has 0 aliphatic heterocycles. The number of esters is 1. The van der Waals surface area contributed by atoms with E-state index in [0.29, 0.717) is 5.82 Å². The molecule has 0 spiro atoms. The summed E-state index contributed by atoms with van der Waals surface area (Å²) in [6, 6.07) is 9.34. The van der Waals surface area contributed by atoms with Gasteiger partial charge in [-0.05, 0) is 41.8 Å². The van der Waals surface area contributed by atoms with Crippen LogP contribution in [0.3, 0.4) is 0 Å². The third-order valence-electron chi connectivity index (χ3n) is 4.24. The van der Waals surface area contributed by atoms with Crippen molar-refractivity contribution in [3.8, 4) is 0 Å². The Labute approximate surface area is 167 Å². The number of aryl methyl sites for hydroxylation is 1. The second-order valence-corrected chi connectivity index (χ2v) is 6.75. The number of nitrogens with one attached hydrogen (secondary N) is 1. The topological polar surface area (TPSA) is 119 Å². The largest absolute Gasteiger partial charge is 0.451 e. The molecule has 1 aliphatic carbocycles. The molecule has 29 heavy (non-hydrogen) atoms. The number of tetrazole rings is 1. The Morgan fingerprint density at radius 3 is 2.62 bits per heavy atom. The summed E-state index contributed by atoms with van der Waals surface area (Å²) in [6.45, 7) is 1.05. The predicted molar refractivity (Wildman–Crippen MR) is 103 cm³/mol. The lowest BCUT2D eigenvalue weighted by atomic mass is 10.2. The van der Waals surface area contributed by atoms with Crippen molar-refractivity contribution < 1.29 is 19.1 Å². The van der Waals surface area contributed by atoms with Crippen LogP contribution in [0.2, 0.25) is 0 Å². The van der Waals surface area contributed by atoms with Crippen LogP contribution in [-0.4, -0.2) is 69.1 Å². The van der Waals surface area contributed by atoms with E-state index in [1.165, 1.54) is 16.6 Å². The number of hydrogen-bond donors (Lipinski definition) is 1. The van der Waals surface area contributed by atoms with Crippen LogP contribution in [-0.2, 0) is 19.1 Å². The van der Waals surface area contributed by atoms with Crippen LogP contribution >= 0.6 is 0 Å². The van der Waals surface area contributed by atoms with E-state index in [1.807, 2.05) is 30.3 Å². The summed E-state index contributed by atoms with van der Waals surface area (Å²) in [4.78, 5) is 37.9. The maximum Gasteiger partial charge on any atom is 0.357 e. The number of hydrogen-bond acceptors (Lipinski definition) is 7. The number of aromatic nitrogens is 4. The average Bonchev–Trinajstić information content (AvgIpc) is 3.42. The van der Waals surface area contributed by atoms with Gasteiger partial charge in [-0.1, -0.05) is 30.3 Å². The lowest BCUT2D eigenvalue weighted by molar-refractivity contribution is -0.147. The maximum atomic E-state index is 12.6. The molecule has 0 bridgehead atoms. The van der Waals surface area contributed by atoms with Crippen molar-refractivity contribution in [2.45, 2.75) is 25.8 Å². The van der Waals surface area contributed by atoms with Gasteiger partial charge < -0.3 is 15.0 Å². The summed E-state index contributed by atoms with van der Waals surface area (Å²) >= 11 is 0. The van der Waals surface area contributed by atoms with Crippen LogP contribution in [0.25, 0.3) is 11.8 Å². The van der Waals surface area contributed by atoms with Crippen molar-refractivity contribution in [2.24, 2.45) is 0 Å². The van der Waals surface area contributed by atoms with Crippen LogP contribution in [0, 0.1) is 6.92 Å². The monoisotopic (exact) mass is 398 g/mol. The first kappa shape index (κ1) is 20.2. The fraction of sp³-hybridized carbons (Fsp3) is 0.368. The minimum absolute atomic E-state index is 0.0700. The zero-order chi connectivity index (χ0) is 20.8. The van der Waals surface area contributed by atoms with Gasteiger partial charge in [-0.3, -0.25) is 9.59 Å². The van der Waals surface area contributed by atoms with Crippen molar-refractivity contribution in [3.63, 3.8) is 0 Å². The van der Waals surface area contributed by atoms with E-state index in [2.05, 4.69) is 20.8 Å². The highest BCUT2D eigenvalue weighted by atomic mass is 16.5. The second kappa shape index (κ2) is 9.09. The van der Waals surface area contributed by atoms with E-state index in [4.69, 9.17) is 4.74 Å². The molecule has 1 N–H and O–H groups in total. The van der Waals surface area contributed by atoms with Gasteiger partial charge in [0.05, 0.1) is 6.54 Å². The fourth-order valence-corrected chi connectivity index (χ4v) is 2.48. The van der Waals surface area contributed by atoms with E-state index in [-0.39, 0.29) is 24.2 Å². The number of rotatable bonds is 8. The molecule has 1 saturated carbocycles. The number of carbonyl (C=O) groups is 3. The van der Waals surface area contributed by atoms with Crippen molar-refractivity contribution in [1.29, 1.82) is 0 Å². The van der Waals surface area contributed by atoms with E-state index >= 15 is 0 Å². The molecule has 3 rings (SSSR count). The van der Waals surface area contributed by atoms with Crippen molar-refractivity contribution in [3.05, 3.63) is 41.7 Å². The second-order valence-electron chi connectivity index (χ2n) is 6.75. The number of ether oxygens (including phenoxy) is 1. The lowest BCUT2D eigenvalue weighted by Gasteiger charge is -2.17. The summed E-state index contributed by atoms with van der Waals surface area (Å²) in [5.74, 6) is -1.08. The summed E-state index contributed by atoms with van der Waals surface area (Å²) in [5.41, 5.74) is 0.815. The Kier molecular flexibility index (Phi) is 6.32. The van der Waals surface area contributed by atoms with Crippen LogP contribution in [0.1, 0.15) is 24.2 Å². The first-order valence-corrected chi connectivity index (χ1v) is 9.16. The molecule has 10 heteroatoms. The Balaban J connectivity index is 1.64. The summed E-state index contributed by atoms with van der Waals surface area (Å²) < 4.78 is 6.41. The zero-order valence-electron chi connectivity index (χ0n) is 16.2. The molecule has 1 aliphatic rings. The highest BCUT2D eigenvalue weighted by Gasteiger charge is 2.25. The minimum atomic E-state index is -0.756. The first-order valence-electron chi connectivity index (χ1n) is 9.16. The third-order valence-corrected chi connectivity index (χ3v) is 4.24. The number of carbonyl (C=O) groups excluding carboxylic acids is 3. The molecule has 1 aromatic heterocycles. The van der Waals surface area contributed by atoms with Gasteiger partial charge in [0.1, 0.15) is 0 Å². The first-order chi connectivity index (χ1) is 13.9. The SMILES string of the molecule is Cc1nnnn1/C(=C\c1ccccc1)C(=O)OCC(=O)N(C)CC(=O)NC1CC1. The van der Waals surface area contributed by atoms with E-state index in [9.17, 15) is 14.4 Å². The standard InChI is InChI=1S/C19H22N6O4/c1-13-21-22-23-25(13)16(10-14-6-4-3-5-7-14)19(28)29-12-18(27)24(2)11-17(26)20-15-8-9-15/h3-7,10,15H,8-9,11-12H2,1-2H3,(H,20,26)/b16-10-. The number of likely N-dealkylation sites (N-methyl/N-ethyl adjacent to an activating group) is 1. The summed E-state index contributed by atoms with van der Waals surface area (Å²) in [6.07, 6.45) is 3.51. The predicted octanol–water partition coefficient (Wildman–Crippen LogP) is 0.260. The number of benzene rings is 1. The quantitative estimate of drug-likeness (QED) is 0.500. The minimum Gasteiger partial charge on any atom is -0.451 e. The number of amides is 2.